The van der Waals surface area contributed by atoms with Crippen molar-refractivity contribution >= 4 is 23.4 Å². The first-order chi connectivity index (χ1) is 9.19. The largest absolute Gasteiger partial charge is 0.383 e. The average molecular weight is 286 g/mol. The van der Waals surface area contributed by atoms with Gasteiger partial charge in [0.2, 0.25) is 0 Å². The van der Waals surface area contributed by atoms with E-state index in [0.717, 1.165) is 32.1 Å². The van der Waals surface area contributed by atoms with Crippen LogP contribution in [0.4, 0.5) is 11.6 Å². The van der Waals surface area contributed by atoms with Crippen LogP contribution in [0.1, 0.15) is 0 Å². The summed E-state index contributed by atoms with van der Waals surface area (Å²) in [6, 6.07) is 1.79. The van der Waals surface area contributed by atoms with E-state index in [1.165, 1.54) is 11.8 Å². The van der Waals surface area contributed by atoms with Gasteiger partial charge in [0.05, 0.1) is 6.61 Å². The van der Waals surface area contributed by atoms with Crippen LogP contribution >= 0.6 is 11.8 Å². The van der Waals surface area contributed by atoms with E-state index in [0.29, 0.717) is 11.0 Å². The van der Waals surface area contributed by atoms with E-state index in [4.69, 9.17) is 10.6 Å². The van der Waals surface area contributed by atoms with Crippen LogP contribution < -0.4 is 16.6 Å². The van der Waals surface area contributed by atoms with Crippen LogP contribution in [-0.2, 0) is 4.74 Å². The van der Waals surface area contributed by atoms with Gasteiger partial charge in [0.25, 0.3) is 0 Å². The van der Waals surface area contributed by atoms with Gasteiger partial charge < -0.3 is 20.4 Å². The van der Waals surface area contributed by atoms with Gasteiger partial charge in [0.1, 0.15) is 11.6 Å². The quantitative estimate of drug-likeness (QED) is 0.261. The molecular formula is C11H22N6OS. The Balaban J connectivity index is 2.44. The van der Waals surface area contributed by atoms with Gasteiger partial charge in [-0.15, -0.1) is 0 Å². The summed E-state index contributed by atoms with van der Waals surface area (Å²) in [5.41, 5.74) is 2.54. The van der Waals surface area contributed by atoms with Crippen LogP contribution in [0.15, 0.2) is 11.2 Å². The number of rotatable bonds is 9. The molecule has 108 valence electrons. The highest BCUT2D eigenvalue weighted by Crippen LogP contribution is 2.16. The normalized spacial score (nSPS) is 10.8. The maximum absolute atomic E-state index is 5.37. The minimum absolute atomic E-state index is 0.606. The van der Waals surface area contributed by atoms with E-state index < -0.39 is 0 Å². The Morgan fingerprint density at radius 2 is 2.11 bits per heavy atom. The molecule has 0 saturated heterocycles. The first-order valence-corrected chi connectivity index (χ1v) is 7.23. The van der Waals surface area contributed by atoms with Gasteiger partial charge in [-0.1, -0.05) is 11.8 Å². The third-order valence-corrected chi connectivity index (χ3v) is 3.06. The fraction of sp³-hybridized carbons (Fsp3) is 0.636. The van der Waals surface area contributed by atoms with Gasteiger partial charge in [-0.3, -0.25) is 0 Å². The summed E-state index contributed by atoms with van der Waals surface area (Å²) in [6.07, 6.45) is 1.93. The van der Waals surface area contributed by atoms with Crippen molar-refractivity contribution in [1.29, 1.82) is 0 Å². The van der Waals surface area contributed by atoms with Crippen LogP contribution in [-0.4, -0.2) is 61.5 Å². The third kappa shape index (κ3) is 6.06. The highest BCUT2D eigenvalue weighted by molar-refractivity contribution is 7.98. The van der Waals surface area contributed by atoms with E-state index in [9.17, 15) is 0 Å². The molecule has 7 nitrogen and oxygen atoms in total. The van der Waals surface area contributed by atoms with E-state index in [-0.39, 0.29) is 0 Å². The second kappa shape index (κ2) is 8.92. The van der Waals surface area contributed by atoms with Crippen molar-refractivity contribution in [3.8, 4) is 0 Å². The molecule has 8 heteroatoms. The van der Waals surface area contributed by atoms with Crippen molar-refractivity contribution in [3.63, 3.8) is 0 Å². The number of anilines is 2. The van der Waals surface area contributed by atoms with Crippen molar-refractivity contribution in [2.75, 3.05) is 57.4 Å². The minimum Gasteiger partial charge on any atom is -0.383 e. The number of nitrogens with two attached hydrogens (primary N) is 1. The third-order valence-electron chi connectivity index (χ3n) is 2.51. The molecule has 0 amide bonds. The molecule has 0 atom stereocenters. The zero-order valence-corrected chi connectivity index (χ0v) is 12.5. The Morgan fingerprint density at radius 3 is 2.74 bits per heavy atom. The van der Waals surface area contributed by atoms with E-state index in [1.54, 1.807) is 13.2 Å². The van der Waals surface area contributed by atoms with Gasteiger partial charge >= 0.3 is 0 Å². The number of nitrogens with zero attached hydrogens (tertiary/aromatic N) is 3. The Kier molecular flexibility index (Phi) is 7.49. The lowest BCUT2D eigenvalue weighted by Gasteiger charge is -2.16. The summed E-state index contributed by atoms with van der Waals surface area (Å²) in [4.78, 5) is 10.8. The fourth-order valence-electron chi connectivity index (χ4n) is 1.41. The molecule has 0 aromatic carbocycles. The van der Waals surface area contributed by atoms with Gasteiger partial charge in [0.15, 0.2) is 5.16 Å². The lowest BCUT2D eigenvalue weighted by Crippen LogP contribution is -2.28. The topological polar surface area (TPSA) is 88.3 Å². The average Bonchev–Trinajstić information content (AvgIpc) is 2.44. The van der Waals surface area contributed by atoms with Gasteiger partial charge in [-0.2, -0.15) is 0 Å². The number of nitrogens with one attached hydrogen (secondary N) is 2. The van der Waals surface area contributed by atoms with Gasteiger partial charge in [-0.05, 0) is 13.3 Å². The predicted octanol–water partition coefficient (Wildman–Crippen LogP) is 0.474. The summed E-state index contributed by atoms with van der Waals surface area (Å²) >= 11 is 1.48. The molecule has 0 fully saturated rings. The second-order valence-corrected chi connectivity index (χ2v) is 4.77. The van der Waals surface area contributed by atoms with Gasteiger partial charge in [0, 0.05) is 32.8 Å². The van der Waals surface area contributed by atoms with Crippen molar-refractivity contribution in [1.82, 2.24) is 14.9 Å². The van der Waals surface area contributed by atoms with Gasteiger partial charge in [-0.25, -0.2) is 15.8 Å². The van der Waals surface area contributed by atoms with Crippen molar-refractivity contribution in [3.05, 3.63) is 6.07 Å². The summed E-state index contributed by atoms with van der Waals surface area (Å²) in [5.74, 6) is 6.75. The number of thioether (sulfide) groups is 1. The summed E-state index contributed by atoms with van der Waals surface area (Å²) in [7, 11) is 3.76. The molecule has 0 radical (unpaired) electrons. The lowest BCUT2D eigenvalue weighted by molar-refractivity contribution is 0.163. The van der Waals surface area contributed by atoms with E-state index in [1.807, 2.05) is 6.26 Å². The molecule has 1 heterocycles. The molecule has 4 N–H and O–H groups in total. The van der Waals surface area contributed by atoms with Crippen LogP contribution in [0.2, 0.25) is 0 Å². The Labute approximate surface area is 118 Å². The number of aromatic nitrogens is 2. The molecule has 0 aliphatic heterocycles. The SMILES string of the molecule is COCCN(C)CCNc1cc(NN)nc(SC)n1. The molecule has 0 aliphatic carbocycles. The minimum atomic E-state index is 0.606. The number of ether oxygens (including phenoxy) is 1. The maximum Gasteiger partial charge on any atom is 0.191 e. The fourth-order valence-corrected chi connectivity index (χ4v) is 1.79. The Hall–Kier alpha value is -1.09. The molecule has 0 spiro atoms. The summed E-state index contributed by atoms with van der Waals surface area (Å²) < 4.78 is 5.03. The molecule has 1 aromatic heterocycles. The number of hydrogen-bond donors (Lipinski definition) is 3. The Bertz CT molecular complexity index is 356. The number of methoxy groups -OCH3 is 1. The lowest BCUT2D eigenvalue weighted by atomic mass is 10.4. The molecule has 0 saturated carbocycles. The first-order valence-electron chi connectivity index (χ1n) is 6.00. The van der Waals surface area contributed by atoms with Crippen molar-refractivity contribution in [2.45, 2.75) is 5.16 Å². The van der Waals surface area contributed by atoms with E-state index in [2.05, 4.69) is 32.7 Å². The molecule has 0 unspecified atom stereocenters. The maximum atomic E-state index is 5.37. The first kappa shape index (κ1) is 16.0. The molecule has 1 aromatic rings. The smallest absolute Gasteiger partial charge is 0.191 e. The molecule has 0 bridgehead atoms. The number of nitrogen functional groups attached to an aromatic ring is 1. The highest BCUT2D eigenvalue weighted by atomic mass is 32.2. The second-order valence-electron chi connectivity index (χ2n) is 3.99. The number of likely N-dealkylation sites (N-methyl/N-ethyl adjacent to an activating group) is 1. The summed E-state index contributed by atoms with van der Waals surface area (Å²) in [6.45, 7) is 3.36. The van der Waals surface area contributed by atoms with E-state index >= 15 is 0 Å². The summed E-state index contributed by atoms with van der Waals surface area (Å²) in [5, 5.41) is 3.94. The standard InChI is InChI=1S/C11H22N6OS/c1-17(6-7-18-2)5-4-13-9-8-10(16-12)15-11(14-9)19-3/h8H,4-7,12H2,1-3H3,(H2,13,14,15,16). The zero-order chi connectivity index (χ0) is 14.1. The predicted molar refractivity (Wildman–Crippen MR) is 79.5 cm³/mol. The van der Waals surface area contributed by atoms with Crippen LogP contribution in [0.5, 0.6) is 0 Å². The van der Waals surface area contributed by atoms with Crippen LogP contribution in [0.25, 0.3) is 0 Å². The monoisotopic (exact) mass is 286 g/mol. The number of hydrazine groups is 1. The Morgan fingerprint density at radius 1 is 1.37 bits per heavy atom. The number of hydrogen-bond acceptors (Lipinski definition) is 8. The molecule has 19 heavy (non-hydrogen) atoms. The van der Waals surface area contributed by atoms with Crippen LogP contribution in [0.3, 0.4) is 0 Å². The molecular weight excluding hydrogens is 264 g/mol. The van der Waals surface area contributed by atoms with Crippen LogP contribution in [0, 0.1) is 0 Å². The molecule has 1 rings (SSSR count). The van der Waals surface area contributed by atoms with Crippen molar-refractivity contribution in [2.24, 2.45) is 5.84 Å². The highest BCUT2D eigenvalue weighted by Gasteiger charge is 2.03. The molecule has 0 aliphatic rings. The zero-order valence-electron chi connectivity index (χ0n) is 11.6. The van der Waals surface area contributed by atoms with Crippen molar-refractivity contribution < 1.29 is 4.74 Å².